The zero-order valence-corrected chi connectivity index (χ0v) is 21.7. The number of carbonyl (C=O) groups is 1. The number of rotatable bonds is 8. The summed E-state index contributed by atoms with van der Waals surface area (Å²) in [6.07, 6.45) is 0. The number of hydrogen-bond donors (Lipinski definition) is 0. The molecule has 0 atom stereocenters. The van der Waals surface area contributed by atoms with Crippen molar-refractivity contribution in [3.05, 3.63) is 70.4 Å². The molecule has 198 valence electrons. The van der Waals surface area contributed by atoms with Gasteiger partial charge in [0.25, 0.3) is 5.56 Å². The fourth-order valence-corrected chi connectivity index (χ4v) is 4.37. The third kappa shape index (κ3) is 4.34. The maximum atomic E-state index is 13.9. The second-order valence-electron chi connectivity index (χ2n) is 8.00. The van der Waals surface area contributed by atoms with Crippen LogP contribution < -0.4 is 29.2 Å². The third-order valence-electron chi connectivity index (χ3n) is 6.10. The maximum Gasteiger partial charge on any atom is 0.355 e. The lowest BCUT2D eigenvalue weighted by molar-refractivity contribution is 0.0591. The first-order valence-electron chi connectivity index (χ1n) is 11.3. The predicted molar refractivity (Wildman–Crippen MR) is 139 cm³/mol. The Bertz CT molecular complexity index is 1550. The SMILES string of the molecule is COC(=O)c1c(-c2cc(OC)c(OC)c(OC)c2)c2cc(OC)c(OC)cc2c(=O)n1-c1ccc(F)cc1. The van der Waals surface area contributed by atoms with Gasteiger partial charge in [-0.1, -0.05) is 0 Å². The van der Waals surface area contributed by atoms with Gasteiger partial charge in [0.05, 0.1) is 48.0 Å². The standard InChI is InChI=1S/C28H26FNO8/c1-33-20-13-18-19(14-21(20)34-2)27(31)30(17-9-7-16(29)8-10-17)25(28(32)38-6)24(18)15-11-22(35-3)26(37-5)23(12-15)36-4/h7-14H,1-6H3. The largest absolute Gasteiger partial charge is 0.493 e. The number of pyridine rings is 1. The Balaban J connectivity index is 2.30. The second-order valence-corrected chi connectivity index (χ2v) is 8.00. The van der Waals surface area contributed by atoms with Gasteiger partial charge in [-0.3, -0.25) is 9.36 Å². The van der Waals surface area contributed by atoms with E-state index < -0.39 is 17.3 Å². The van der Waals surface area contributed by atoms with Gasteiger partial charge in [-0.05, 0) is 54.1 Å². The van der Waals surface area contributed by atoms with Crippen molar-refractivity contribution >= 4 is 16.7 Å². The molecule has 0 fully saturated rings. The average Bonchev–Trinajstić information content (AvgIpc) is 2.95. The number of carbonyl (C=O) groups excluding carboxylic acids is 1. The first kappa shape index (κ1) is 26.3. The van der Waals surface area contributed by atoms with Crippen LogP contribution in [0.15, 0.2) is 53.3 Å². The van der Waals surface area contributed by atoms with E-state index in [0.29, 0.717) is 45.3 Å². The average molecular weight is 524 g/mol. The van der Waals surface area contributed by atoms with Crippen LogP contribution in [0.25, 0.3) is 27.6 Å². The molecule has 4 rings (SSSR count). The molecule has 9 nitrogen and oxygen atoms in total. The molecule has 0 aliphatic heterocycles. The van der Waals surface area contributed by atoms with Crippen LogP contribution in [0.5, 0.6) is 28.7 Å². The summed E-state index contributed by atoms with van der Waals surface area (Å²) < 4.78 is 47.6. The van der Waals surface area contributed by atoms with Gasteiger partial charge in [-0.15, -0.1) is 0 Å². The van der Waals surface area contributed by atoms with Crippen LogP contribution in [-0.4, -0.2) is 53.2 Å². The summed E-state index contributed by atoms with van der Waals surface area (Å²) in [5.74, 6) is 0.337. The van der Waals surface area contributed by atoms with Crippen molar-refractivity contribution in [1.82, 2.24) is 4.57 Å². The number of hydrogen-bond acceptors (Lipinski definition) is 8. The van der Waals surface area contributed by atoms with Crippen molar-refractivity contribution in [3.63, 3.8) is 0 Å². The quantitative estimate of drug-likeness (QED) is 0.309. The molecule has 0 radical (unpaired) electrons. The number of halogens is 1. The van der Waals surface area contributed by atoms with Crippen LogP contribution in [-0.2, 0) is 4.74 Å². The summed E-state index contributed by atoms with van der Waals surface area (Å²) in [4.78, 5) is 27.3. The number of benzene rings is 3. The molecule has 0 unspecified atom stereocenters. The maximum absolute atomic E-state index is 13.9. The van der Waals surface area contributed by atoms with Crippen molar-refractivity contribution in [2.24, 2.45) is 0 Å². The van der Waals surface area contributed by atoms with Gasteiger partial charge in [0.1, 0.15) is 11.5 Å². The van der Waals surface area contributed by atoms with Crippen molar-refractivity contribution in [1.29, 1.82) is 0 Å². The fourth-order valence-electron chi connectivity index (χ4n) is 4.37. The lowest BCUT2D eigenvalue weighted by Crippen LogP contribution is -2.27. The summed E-state index contributed by atoms with van der Waals surface area (Å²) in [7, 11) is 8.52. The topological polar surface area (TPSA) is 94.5 Å². The highest BCUT2D eigenvalue weighted by atomic mass is 19.1. The van der Waals surface area contributed by atoms with Gasteiger partial charge < -0.3 is 28.4 Å². The Morgan fingerprint density at radius 1 is 0.711 bits per heavy atom. The Morgan fingerprint density at radius 2 is 1.24 bits per heavy atom. The van der Waals surface area contributed by atoms with E-state index in [1.807, 2.05) is 0 Å². The van der Waals surface area contributed by atoms with E-state index in [9.17, 15) is 14.0 Å². The van der Waals surface area contributed by atoms with Gasteiger partial charge in [-0.25, -0.2) is 9.18 Å². The predicted octanol–water partition coefficient (Wildman–Crippen LogP) is 4.63. The molecule has 0 bridgehead atoms. The molecule has 0 aliphatic carbocycles. The highest BCUT2D eigenvalue weighted by molar-refractivity contribution is 6.08. The Morgan fingerprint density at radius 3 is 1.71 bits per heavy atom. The number of nitrogens with zero attached hydrogens (tertiary/aromatic N) is 1. The Hall–Kier alpha value is -4.73. The Labute approximate surface area is 217 Å². The Kier molecular flexibility index (Phi) is 7.43. The molecule has 1 heterocycles. The van der Waals surface area contributed by atoms with Crippen LogP contribution in [0.2, 0.25) is 0 Å². The lowest BCUT2D eigenvalue weighted by Gasteiger charge is -2.21. The lowest BCUT2D eigenvalue weighted by atomic mass is 9.95. The fraction of sp³-hybridized carbons (Fsp3) is 0.214. The first-order chi connectivity index (χ1) is 18.3. The van der Waals surface area contributed by atoms with Crippen LogP contribution >= 0.6 is 0 Å². The van der Waals surface area contributed by atoms with E-state index in [-0.39, 0.29) is 16.8 Å². The summed E-state index contributed by atoms with van der Waals surface area (Å²) in [5.41, 5.74) is 0.369. The van der Waals surface area contributed by atoms with Crippen molar-refractivity contribution in [2.45, 2.75) is 0 Å². The molecule has 0 aliphatic rings. The van der Waals surface area contributed by atoms with E-state index >= 15 is 0 Å². The zero-order chi connectivity index (χ0) is 27.6. The van der Waals surface area contributed by atoms with Gasteiger partial charge >= 0.3 is 5.97 Å². The summed E-state index contributed by atoms with van der Waals surface area (Å²) >= 11 is 0. The molecule has 3 aromatic carbocycles. The van der Waals surface area contributed by atoms with Gasteiger partial charge in [0.2, 0.25) is 5.75 Å². The number of methoxy groups -OCH3 is 6. The van der Waals surface area contributed by atoms with E-state index in [4.69, 9.17) is 28.4 Å². The molecular formula is C28H26FNO8. The van der Waals surface area contributed by atoms with E-state index in [1.165, 1.54) is 77.6 Å². The molecule has 0 spiro atoms. The molecule has 1 aromatic heterocycles. The smallest absolute Gasteiger partial charge is 0.355 e. The minimum atomic E-state index is -0.799. The molecule has 4 aromatic rings. The van der Waals surface area contributed by atoms with Gasteiger partial charge in [0, 0.05) is 16.6 Å². The summed E-state index contributed by atoms with van der Waals surface area (Å²) in [6.45, 7) is 0. The number of ether oxygens (including phenoxy) is 6. The molecule has 0 N–H and O–H groups in total. The normalized spacial score (nSPS) is 10.7. The minimum absolute atomic E-state index is 0.0990. The van der Waals surface area contributed by atoms with Crippen molar-refractivity contribution in [3.8, 4) is 45.6 Å². The van der Waals surface area contributed by atoms with Crippen molar-refractivity contribution < 1.29 is 37.6 Å². The highest BCUT2D eigenvalue weighted by Gasteiger charge is 2.28. The minimum Gasteiger partial charge on any atom is -0.493 e. The molecule has 0 saturated carbocycles. The molecule has 38 heavy (non-hydrogen) atoms. The summed E-state index contributed by atoms with van der Waals surface area (Å²) in [5, 5.41) is 0.587. The molecule has 0 saturated heterocycles. The second kappa shape index (κ2) is 10.7. The first-order valence-corrected chi connectivity index (χ1v) is 11.3. The van der Waals surface area contributed by atoms with E-state index in [2.05, 4.69) is 0 Å². The monoisotopic (exact) mass is 523 g/mol. The molecule has 10 heteroatoms. The van der Waals surface area contributed by atoms with Gasteiger partial charge in [0.15, 0.2) is 23.0 Å². The van der Waals surface area contributed by atoms with Crippen molar-refractivity contribution in [2.75, 3.05) is 42.7 Å². The number of aromatic nitrogens is 1. The van der Waals surface area contributed by atoms with E-state index in [1.54, 1.807) is 18.2 Å². The molecular weight excluding hydrogens is 497 g/mol. The van der Waals surface area contributed by atoms with Crippen LogP contribution in [0, 0.1) is 5.82 Å². The summed E-state index contributed by atoms with van der Waals surface area (Å²) in [6, 6.07) is 11.6. The zero-order valence-electron chi connectivity index (χ0n) is 21.7. The highest BCUT2D eigenvalue weighted by Crippen LogP contribution is 2.45. The number of esters is 1. The van der Waals surface area contributed by atoms with Crippen LogP contribution in [0.1, 0.15) is 10.5 Å². The van der Waals surface area contributed by atoms with Crippen LogP contribution in [0.3, 0.4) is 0 Å². The molecule has 0 amide bonds. The van der Waals surface area contributed by atoms with Gasteiger partial charge in [-0.2, -0.15) is 0 Å². The van der Waals surface area contributed by atoms with E-state index in [0.717, 1.165) is 0 Å². The van der Waals surface area contributed by atoms with Crippen LogP contribution in [0.4, 0.5) is 4.39 Å². The number of fused-ring (bicyclic) bond motifs is 1. The third-order valence-corrected chi connectivity index (χ3v) is 6.10.